The van der Waals surface area contributed by atoms with Crippen LogP contribution in [0.5, 0.6) is 0 Å². The van der Waals surface area contributed by atoms with Crippen LogP contribution in [0.4, 0.5) is 0 Å². The molecule has 0 radical (unpaired) electrons. The minimum atomic E-state index is -0.0845. The maximum atomic E-state index is 10.9. The molecule has 0 unspecified atom stereocenters. The van der Waals surface area contributed by atoms with E-state index in [9.17, 15) is 4.79 Å². The van der Waals surface area contributed by atoms with Gasteiger partial charge in [-0.15, -0.1) is 0 Å². The summed E-state index contributed by atoms with van der Waals surface area (Å²) in [5, 5.41) is 0. The van der Waals surface area contributed by atoms with E-state index in [2.05, 4.69) is 0 Å². The molecule has 0 bridgehead atoms. The van der Waals surface area contributed by atoms with Crippen molar-refractivity contribution in [1.29, 1.82) is 0 Å². The van der Waals surface area contributed by atoms with Crippen molar-refractivity contribution in [1.82, 2.24) is 0 Å². The van der Waals surface area contributed by atoms with Crippen molar-refractivity contribution in [2.45, 2.75) is 19.4 Å². The van der Waals surface area contributed by atoms with Crippen molar-refractivity contribution in [3.63, 3.8) is 0 Å². The molecule has 1 aliphatic heterocycles. The summed E-state index contributed by atoms with van der Waals surface area (Å²) in [5.41, 5.74) is 0. The fourth-order valence-corrected chi connectivity index (χ4v) is 0.943. The first-order chi connectivity index (χ1) is 5.83. The number of carbonyl (C=O) groups excluding carboxylic acids is 1. The van der Waals surface area contributed by atoms with Gasteiger partial charge in [-0.3, -0.25) is 4.79 Å². The normalized spacial score (nSPS) is 23.8. The van der Waals surface area contributed by atoms with E-state index in [0.717, 1.165) is 0 Å². The second-order valence-corrected chi connectivity index (χ2v) is 2.56. The van der Waals surface area contributed by atoms with E-state index in [1.807, 2.05) is 31.2 Å². The molecule has 0 N–H and O–H groups in total. The van der Waals surface area contributed by atoms with Crippen LogP contribution in [0.25, 0.3) is 0 Å². The summed E-state index contributed by atoms with van der Waals surface area (Å²) in [4.78, 5) is 10.9. The van der Waals surface area contributed by atoms with Crippen molar-refractivity contribution < 1.29 is 9.53 Å². The Balaban J connectivity index is 2.44. The van der Waals surface area contributed by atoms with E-state index in [-0.39, 0.29) is 11.9 Å². The Morgan fingerprint density at radius 3 is 3.08 bits per heavy atom. The lowest BCUT2D eigenvalue weighted by molar-refractivity contribution is -0.117. The average Bonchev–Trinajstić information content (AvgIpc) is 2.05. The summed E-state index contributed by atoms with van der Waals surface area (Å²) in [7, 11) is 0. The number of allylic oxidation sites excluding steroid dienone is 4. The van der Waals surface area contributed by atoms with Crippen molar-refractivity contribution in [3.8, 4) is 0 Å². The second-order valence-electron chi connectivity index (χ2n) is 2.56. The molecule has 1 aliphatic rings. The van der Waals surface area contributed by atoms with Crippen molar-refractivity contribution in [2.24, 2.45) is 0 Å². The van der Waals surface area contributed by atoms with Gasteiger partial charge in [0.05, 0.1) is 12.7 Å². The zero-order valence-electron chi connectivity index (χ0n) is 7.07. The highest BCUT2D eigenvalue weighted by Gasteiger charge is 2.12. The van der Waals surface area contributed by atoms with Gasteiger partial charge in [0.15, 0.2) is 5.78 Å². The smallest absolute Gasteiger partial charge is 0.162 e. The zero-order chi connectivity index (χ0) is 8.81. The molecule has 0 aromatic carbocycles. The summed E-state index contributed by atoms with van der Waals surface area (Å²) in [6, 6.07) is 0. The van der Waals surface area contributed by atoms with Crippen molar-refractivity contribution in [2.75, 3.05) is 0 Å². The summed E-state index contributed by atoms with van der Waals surface area (Å²) < 4.78 is 5.17. The third-order valence-electron chi connectivity index (χ3n) is 1.54. The summed E-state index contributed by atoms with van der Waals surface area (Å²) in [6.45, 7) is 1.94. The molecule has 1 rings (SSSR count). The summed E-state index contributed by atoms with van der Waals surface area (Å²) in [6.07, 6.45) is 10.9. The fraction of sp³-hybridized carbons (Fsp3) is 0.300. The number of carbonyl (C=O) groups is 1. The van der Waals surface area contributed by atoms with Crippen LogP contribution in [0.2, 0.25) is 0 Å². The topological polar surface area (TPSA) is 26.3 Å². The molecule has 0 aromatic heterocycles. The van der Waals surface area contributed by atoms with Gasteiger partial charge < -0.3 is 4.74 Å². The minimum absolute atomic E-state index is 0.0845. The minimum Gasteiger partial charge on any atom is -0.493 e. The predicted octanol–water partition coefficient (Wildman–Crippen LogP) is 1.99. The third-order valence-corrected chi connectivity index (χ3v) is 1.54. The van der Waals surface area contributed by atoms with Crippen LogP contribution < -0.4 is 0 Å². The van der Waals surface area contributed by atoms with Gasteiger partial charge in [0.2, 0.25) is 0 Å². The lowest BCUT2D eigenvalue weighted by atomic mass is 10.1. The van der Waals surface area contributed by atoms with Crippen LogP contribution in [0, 0.1) is 0 Å². The maximum Gasteiger partial charge on any atom is 0.162 e. The monoisotopic (exact) mass is 164 g/mol. The largest absolute Gasteiger partial charge is 0.493 e. The number of ether oxygens (including phenoxy) is 1. The Morgan fingerprint density at radius 2 is 2.42 bits per heavy atom. The highest BCUT2D eigenvalue weighted by Crippen LogP contribution is 2.08. The number of rotatable bonds is 2. The van der Waals surface area contributed by atoms with E-state index in [0.29, 0.717) is 6.42 Å². The lowest BCUT2D eigenvalue weighted by Crippen LogP contribution is -2.15. The highest BCUT2D eigenvalue weighted by atomic mass is 16.5. The van der Waals surface area contributed by atoms with Gasteiger partial charge in [-0.25, -0.2) is 0 Å². The van der Waals surface area contributed by atoms with Crippen LogP contribution in [-0.4, -0.2) is 11.9 Å². The molecule has 0 amide bonds. The first-order valence-corrected chi connectivity index (χ1v) is 3.97. The third kappa shape index (κ3) is 2.74. The Hall–Kier alpha value is -1.31. The van der Waals surface area contributed by atoms with Gasteiger partial charge in [-0.1, -0.05) is 18.2 Å². The molecule has 2 heteroatoms. The fourth-order valence-electron chi connectivity index (χ4n) is 0.943. The van der Waals surface area contributed by atoms with Gasteiger partial charge in [0.25, 0.3) is 0 Å². The molecule has 0 aromatic rings. The molecule has 64 valence electrons. The van der Waals surface area contributed by atoms with Gasteiger partial charge in [0.1, 0.15) is 6.10 Å². The second kappa shape index (κ2) is 4.54. The van der Waals surface area contributed by atoms with E-state index in [1.54, 1.807) is 0 Å². The quantitative estimate of drug-likeness (QED) is 0.583. The molecule has 1 heterocycles. The Kier molecular flexibility index (Phi) is 3.33. The van der Waals surface area contributed by atoms with Crippen molar-refractivity contribution in [3.05, 3.63) is 36.6 Å². The summed E-state index contributed by atoms with van der Waals surface area (Å²) >= 11 is 0. The highest BCUT2D eigenvalue weighted by molar-refractivity contribution is 5.90. The number of hydrogen-bond acceptors (Lipinski definition) is 2. The van der Waals surface area contributed by atoms with Crippen LogP contribution in [0.3, 0.4) is 0 Å². The molecule has 0 aliphatic carbocycles. The van der Waals surface area contributed by atoms with E-state index in [1.165, 1.54) is 12.3 Å². The first-order valence-electron chi connectivity index (χ1n) is 3.97. The Morgan fingerprint density at radius 1 is 1.58 bits per heavy atom. The molecule has 0 fully saturated rings. The standard InChI is InChI=1S/C10H12O2/c1-2-3-4-5-10-8-9(11)6-7-12-10/h2-7,10H,8H2,1H3/b3-2+,5-4+/t10-/m1/s1. The van der Waals surface area contributed by atoms with Gasteiger partial charge >= 0.3 is 0 Å². The van der Waals surface area contributed by atoms with E-state index >= 15 is 0 Å². The molecule has 0 saturated heterocycles. The van der Waals surface area contributed by atoms with Crippen LogP contribution in [0.15, 0.2) is 36.6 Å². The van der Waals surface area contributed by atoms with E-state index in [4.69, 9.17) is 4.74 Å². The molecule has 0 saturated carbocycles. The van der Waals surface area contributed by atoms with E-state index < -0.39 is 0 Å². The number of hydrogen-bond donors (Lipinski definition) is 0. The van der Waals surface area contributed by atoms with Crippen LogP contribution in [-0.2, 0) is 9.53 Å². The van der Waals surface area contributed by atoms with Crippen LogP contribution >= 0.6 is 0 Å². The first kappa shape index (κ1) is 8.78. The molecule has 12 heavy (non-hydrogen) atoms. The van der Waals surface area contributed by atoms with Crippen LogP contribution in [0.1, 0.15) is 13.3 Å². The van der Waals surface area contributed by atoms with Gasteiger partial charge in [-0.2, -0.15) is 0 Å². The molecule has 1 atom stereocenters. The predicted molar refractivity (Wildman–Crippen MR) is 47.6 cm³/mol. The molecule has 2 nitrogen and oxygen atoms in total. The zero-order valence-corrected chi connectivity index (χ0v) is 7.07. The maximum absolute atomic E-state index is 10.9. The SMILES string of the molecule is C/C=C/C=C/[C@@H]1CC(=O)C=CO1. The van der Waals surface area contributed by atoms with Gasteiger partial charge in [0, 0.05) is 6.08 Å². The lowest BCUT2D eigenvalue weighted by Gasteiger charge is -2.13. The molecular formula is C10H12O2. The molecule has 0 spiro atoms. The Labute approximate surface area is 72.2 Å². The van der Waals surface area contributed by atoms with Gasteiger partial charge in [-0.05, 0) is 13.0 Å². The molecular weight excluding hydrogens is 152 g/mol. The van der Waals surface area contributed by atoms with Crippen molar-refractivity contribution >= 4 is 5.78 Å². The summed E-state index contributed by atoms with van der Waals surface area (Å²) in [5.74, 6) is 0.122. The number of ketones is 1. The average molecular weight is 164 g/mol. The Bertz CT molecular complexity index is 236.